The standard InChI is InChI=1S/C17H20N2O6S/c20-15-13-6-1-2-7-14(13)16(21)19(15)9-4-10-26(24,25)18-8-3-5-12(11-18)17(22)23/h1-2,6-7,12H,3-5,8-11H2,(H,22,23). The van der Waals surface area contributed by atoms with Crippen LogP contribution in [0.1, 0.15) is 40.0 Å². The number of carboxylic acids is 1. The molecular weight excluding hydrogens is 360 g/mol. The van der Waals surface area contributed by atoms with Crippen LogP contribution in [-0.2, 0) is 14.8 Å². The highest BCUT2D eigenvalue weighted by Gasteiger charge is 2.36. The second-order valence-electron chi connectivity index (χ2n) is 6.51. The Balaban J connectivity index is 1.59. The summed E-state index contributed by atoms with van der Waals surface area (Å²) >= 11 is 0. The van der Waals surface area contributed by atoms with Gasteiger partial charge in [-0.15, -0.1) is 0 Å². The van der Waals surface area contributed by atoms with Gasteiger partial charge in [-0.05, 0) is 31.4 Å². The normalized spacial score (nSPS) is 21.1. The summed E-state index contributed by atoms with van der Waals surface area (Å²) in [6, 6.07) is 6.50. The van der Waals surface area contributed by atoms with Crippen LogP contribution in [0.5, 0.6) is 0 Å². The van der Waals surface area contributed by atoms with Crippen LogP contribution in [-0.4, -0.2) is 65.9 Å². The third-order valence-electron chi connectivity index (χ3n) is 4.79. The van der Waals surface area contributed by atoms with E-state index >= 15 is 0 Å². The van der Waals surface area contributed by atoms with Crippen molar-refractivity contribution in [2.24, 2.45) is 5.92 Å². The van der Waals surface area contributed by atoms with Gasteiger partial charge in [-0.1, -0.05) is 12.1 Å². The van der Waals surface area contributed by atoms with Crippen molar-refractivity contribution in [3.63, 3.8) is 0 Å². The molecule has 8 nitrogen and oxygen atoms in total. The number of carboxylic acid groups (broad SMARTS) is 1. The molecule has 1 fully saturated rings. The molecule has 0 bridgehead atoms. The van der Waals surface area contributed by atoms with E-state index in [0.717, 1.165) is 4.90 Å². The number of amides is 2. The number of hydrogen-bond donors (Lipinski definition) is 1. The first-order valence-corrected chi connectivity index (χ1v) is 10.1. The van der Waals surface area contributed by atoms with Crippen LogP contribution >= 0.6 is 0 Å². The number of fused-ring (bicyclic) bond motifs is 1. The number of sulfonamides is 1. The summed E-state index contributed by atoms with van der Waals surface area (Å²) in [5.41, 5.74) is 0.668. The first-order valence-electron chi connectivity index (χ1n) is 8.47. The molecule has 1 unspecified atom stereocenters. The summed E-state index contributed by atoms with van der Waals surface area (Å²) in [5, 5.41) is 9.08. The molecule has 140 valence electrons. The molecule has 2 aliphatic rings. The summed E-state index contributed by atoms with van der Waals surface area (Å²) in [5.74, 6) is -2.73. The highest BCUT2D eigenvalue weighted by Crippen LogP contribution is 2.23. The summed E-state index contributed by atoms with van der Waals surface area (Å²) in [7, 11) is -3.62. The van der Waals surface area contributed by atoms with Crippen molar-refractivity contribution in [1.82, 2.24) is 9.21 Å². The predicted molar refractivity (Wildman–Crippen MR) is 92.1 cm³/mol. The molecule has 1 saturated heterocycles. The molecule has 3 rings (SSSR count). The first kappa shape index (κ1) is 18.5. The van der Waals surface area contributed by atoms with E-state index in [9.17, 15) is 22.8 Å². The maximum absolute atomic E-state index is 12.5. The number of carbonyl (C=O) groups excluding carboxylic acids is 2. The SMILES string of the molecule is O=C(O)C1CCCN(S(=O)(=O)CCCN2C(=O)c3ccccc3C2=O)C1. The minimum Gasteiger partial charge on any atom is -0.481 e. The van der Waals surface area contributed by atoms with E-state index in [4.69, 9.17) is 5.11 Å². The lowest BCUT2D eigenvalue weighted by Crippen LogP contribution is -2.43. The molecule has 1 aromatic carbocycles. The van der Waals surface area contributed by atoms with Gasteiger partial charge in [0.15, 0.2) is 0 Å². The number of hydrogen-bond acceptors (Lipinski definition) is 5. The van der Waals surface area contributed by atoms with Gasteiger partial charge in [-0.25, -0.2) is 12.7 Å². The van der Waals surface area contributed by atoms with Gasteiger partial charge in [0.05, 0.1) is 22.8 Å². The molecule has 1 atom stereocenters. The maximum atomic E-state index is 12.5. The Morgan fingerprint density at radius 3 is 2.35 bits per heavy atom. The second kappa shape index (κ2) is 7.16. The number of nitrogens with zero attached hydrogens (tertiary/aromatic N) is 2. The summed E-state index contributed by atoms with van der Waals surface area (Å²) in [6.07, 6.45) is 1.09. The third-order valence-corrected chi connectivity index (χ3v) is 6.71. The zero-order valence-electron chi connectivity index (χ0n) is 14.1. The summed E-state index contributed by atoms with van der Waals surface area (Å²) in [4.78, 5) is 36.7. The largest absolute Gasteiger partial charge is 0.481 e. The van der Waals surface area contributed by atoms with Gasteiger partial charge in [0.1, 0.15) is 0 Å². The molecule has 1 N–H and O–H groups in total. The minimum absolute atomic E-state index is 0.0157. The summed E-state index contributed by atoms with van der Waals surface area (Å²) in [6.45, 7) is 0.297. The van der Waals surface area contributed by atoms with E-state index in [1.54, 1.807) is 24.3 Å². The Morgan fingerprint density at radius 2 is 1.77 bits per heavy atom. The molecule has 26 heavy (non-hydrogen) atoms. The molecule has 2 aliphatic heterocycles. The minimum atomic E-state index is -3.62. The van der Waals surface area contributed by atoms with Crippen molar-refractivity contribution in [3.05, 3.63) is 35.4 Å². The lowest BCUT2D eigenvalue weighted by Gasteiger charge is -2.30. The molecule has 0 aromatic heterocycles. The zero-order chi connectivity index (χ0) is 18.9. The average molecular weight is 380 g/mol. The van der Waals surface area contributed by atoms with E-state index in [1.807, 2.05) is 0 Å². The van der Waals surface area contributed by atoms with Crippen LogP contribution in [0.2, 0.25) is 0 Å². The predicted octanol–water partition coefficient (Wildman–Crippen LogP) is 0.799. The number of imide groups is 1. The van der Waals surface area contributed by atoms with Crippen molar-refractivity contribution < 1.29 is 27.9 Å². The van der Waals surface area contributed by atoms with E-state index in [1.165, 1.54) is 4.31 Å². The Bertz CT molecular complexity index is 816. The van der Waals surface area contributed by atoms with Crippen LogP contribution in [0.15, 0.2) is 24.3 Å². The molecule has 0 radical (unpaired) electrons. The van der Waals surface area contributed by atoms with Gasteiger partial charge in [0.2, 0.25) is 10.0 Å². The first-order chi connectivity index (χ1) is 12.3. The second-order valence-corrected chi connectivity index (χ2v) is 8.60. The molecule has 2 amide bonds. The van der Waals surface area contributed by atoms with Crippen molar-refractivity contribution in [2.75, 3.05) is 25.4 Å². The number of aliphatic carboxylic acids is 1. The average Bonchev–Trinajstić information content (AvgIpc) is 2.87. The van der Waals surface area contributed by atoms with Gasteiger partial charge in [0, 0.05) is 19.6 Å². The molecule has 1 aromatic rings. The Labute approximate surface area is 151 Å². The zero-order valence-corrected chi connectivity index (χ0v) is 14.9. The van der Waals surface area contributed by atoms with Crippen LogP contribution in [0.25, 0.3) is 0 Å². The fourth-order valence-corrected chi connectivity index (χ4v) is 4.94. The van der Waals surface area contributed by atoms with Crippen LogP contribution < -0.4 is 0 Å². The van der Waals surface area contributed by atoms with Gasteiger partial charge < -0.3 is 5.11 Å². The van der Waals surface area contributed by atoms with Gasteiger partial charge in [0.25, 0.3) is 11.8 Å². The molecule has 0 aliphatic carbocycles. The third kappa shape index (κ3) is 3.49. The number of rotatable bonds is 6. The Kier molecular flexibility index (Phi) is 5.10. The monoisotopic (exact) mass is 380 g/mol. The Morgan fingerprint density at radius 1 is 1.15 bits per heavy atom. The molecular formula is C17H20N2O6S. The van der Waals surface area contributed by atoms with Crippen molar-refractivity contribution in [1.29, 1.82) is 0 Å². The fraction of sp³-hybridized carbons (Fsp3) is 0.471. The van der Waals surface area contributed by atoms with Crippen LogP contribution in [0.3, 0.4) is 0 Å². The highest BCUT2D eigenvalue weighted by molar-refractivity contribution is 7.89. The van der Waals surface area contributed by atoms with E-state index < -0.39 is 33.7 Å². The number of piperidine rings is 1. The topological polar surface area (TPSA) is 112 Å². The quantitative estimate of drug-likeness (QED) is 0.731. The summed E-state index contributed by atoms with van der Waals surface area (Å²) < 4.78 is 26.1. The number of carbonyl (C=O) groups is 3. The maximum Gasteiger partial charge on any atom is 0.307 e. The van der Waals surface area contributed by atoms with Gasteiger partial charge >= 0.3 is 5.97 Å². The van der Waals surface area contributed by atoms with Gasteiger partial charge in [-0.3, -0.25) is 19.3 Å². The number of benzene rings is 1. The lowest BCUT2D eigenvalue weighted by molar-refractivity contribution is -0.142. The van der Waals surface area contributed by atoms with Crippen LogP contribution in [0.4, 0.5) is 0 Å². The van der Waals surface area contributed by atoms with Crippen molar-refractivity contribution in [3.8, 4) is 0 Å². The van der Waals surface area contributed by atoms with Gasteiger partial charge in [-0.2, -0.15) is 0 Å². The highest BCUT2D eigenvalue weighted by atomic mass is 32.2. The van der Waals surface area contributed by atoms with Crippen molar-refractivity contribution >= 4 is 27.8 Å². The smallest absolute Gasteiger partial charge is 0.307 e. The Hall–Kier alpha value is -2.26. The van der Waals surface area contributed by atoms with E-state index in [2.05, 4.69) is 0 Å². The lowest BCUT2D eigenvalue weighted by atomic mass is 10.0. The molecule has 9 heteroatoms. The van der Waals surface area contributed by atoms with E-state index in [-0.39, 0.29) is 25.3 Å². The van der Waals surface area contributed by atoms with Crippen LogP contribution in [0, 0.1) is 5.92 Å². The molecule has 2 heterocycles. The van der Waals surface area contributed by atoms with Crippen molar-refractivity contribution in [2.45, 2.75) is 19.3 Å². The molecule has 0 saturated carbocycles. The van der Waals surface area contributed by atoms with E-state index in [0.29, 0.717) is 30.5 Å². The fourth-order valence-electron chi connectivity index (χ4n) is 3.37. The molecule has 0 spiro atoms.